The molecule has 0 bridgehead atoms. The van der Waals surface area contributed by atoms with E-state index in [9.17, 15) is 0 Å². The van der Waals surface area contributed by atoms with E-state index in [1.54, 1.807) is 0 Å². The Hall–Kier alpha value is -0.530. The summed E-state index contributed by atoms with van der Waals surface area (Å²) in [5.74, 6) is 0. The quantitative estimate of drug-likeness (QED) is 0.835. The highest BCUT2D eigenvalue weighted by atomic mass is 35.5. The molecule has 1 saturated carbocycles. The Balaban J connectivity index is 2.31. The van der Waals surface area contributed by atoms with E-state index < -0.39 is 0 Å². The Morgan fingerprint density at radius 1 is 1.29 bits per heavy atom. The standard InChI is InChI=1S/C15H22ClN/c1-11-6-7-12(10-13(11)16)14(17-3)15(2)8-4-5-9-15/h6-7,10,14,17H,4-5,8-9H2,1-3H3. The van der Waals surface area contributed by atoms with Crippen LogP contribution in [0.25, 0.3) is 0 Å². The largest absolute Gasteiger partial charge is 0.313 e. The lowest BCUT2D eigenvalue weighted by atomic mass is 9.77. The van der Waals surface area contributed by atoms with Crippen LogP contribution in [0, 0.1) is 12.3 Å². The maximum absolute atomic E-state index is 6.24. The van der Waals surface area contributed by atoms with E-state index in [0.29, 0.717) is 11.5 Å². The molecule has 1 atom stereocenters. The van der Waals surface area contributed by atoms with Gasteiger partial charge in [0.1, 0.15) is 0 Å². The lowest BCUT2D eigenvalue weighted by molar-refractivity contribution is 0.234. The zero-order valence-corrected chi connectivity index (χ0v) is 11.8. The molecular formula is C15H22ClN. The van der Waals surface area contributed by atoms with Gasteiger partial charge in [0.15, 0.2) is 0 Å². The van der Waals surface area contributed by atoms with Crippen LogP contribution >= 0.6 is 11.6 Å². The third-order valence-electron chi connectivity index (χ3n) is 4.26. The van der Waals surface area contributed by atoms with Gasteiger partial charge in [-0.2, -0.15) is 0 Å². The van der Waals surface area contributed by atoms with Crippen molar-refractivity contribution in [1.29, 1.82) is 0 Å². The summed E-state index contributed by atoms with van der Waals surface area (Å²) in [5.41, 5.74) is 2.86. The average molecular weight is 252 g/mol. The highest BCUT2D eigenvalue weighted by Crippen LogP contribution is 2.47. The first kappa shape index (κ1) is 12.9. The molecule has 0 amide bonds. The highest BCUT2D eigenvalue weighted by Gasteiger charge is 2.37. The maximum atomic E-state index is 6.24. The fourth-order valence-corrected chi connectivity index (χ4v) is 3.37. The van der Waals surface area contributed by atoms with Gasteiger partial charge >= 0.3 is 0 Å². The molecule has 0 heterocycles. The second kappa shape index (κ2) is 4.99. The molecular weight excluding hydrogens is 230 g/mol. The lowest BCUT2D eigenvalue weighted by Crippen LogP contribution is -2.32. The summed E-state index contributed by atoms with van der Waals surface area (Å²) in [6.07, 6.45) is 5.33. The molecule has 94 valence electrons. The molecule has 1 fully saturated rings. The predicted molar refractivity (Wildman–Crippen MR) is 74.6 cm³/mol. The van der Waals surface area contributed by atoms with Gasteiger partial charge in [-0.25, -0.2) is 0 Å². The van der Waals surface area contributed by atoms with E-state index in [1.807, 2.05) is 0 Å². The summed E-state index contributed by atoms with van der Waals surface area (Å²) in [6.45, 7) is 4.45. The fraction of sp³-hybridized carbons (Fsp3) is 0.600. The van der Waals surface area contributed by atoms with Gasteiger partial charge in [0.2, 0.25) is 0 Å². The molecule has 1 aliphatic carbocycles. The van der Waals surface area contributed by atoms with Gasteiger partial charge < -0.3 is 5.32 Å². The Kier molecular flexibility index (Phi) is 3.79. The van der Waals surface area contributed by atoms with Crippen molar-refractivity contribution < 1.29 is 0 Å². The smallest absolute Gasteiger partial charge is 0.0438 e. The van der Waals surface area contributed by atoms with E-state index in [0.717, 1.165) is 10.6 Å². The van der Waals surface area contributed by atoms with Crippen LogP contribution in [0.5, 0.6) is 0 Å². The summed E-state index contributed by atoms with van der Waals surface area (Å²) in [5, 5.41) is 4.37. The normalized spacial score (nSPS) is 20.5. The van der Waals surface area contributed by atoms with Gasteiger partial charge in [0.25, 0.3) is 0 Å². The molecule has 2 heteroatoms. The van der Waals surface area contributed by atoms with Crippen molar-refractivity contribution in [2.45, 2.75) is 45.6 Å². The number of hydrogen-bond donors (Lipinski definition) is 1. The molecule has 0 spiro atoms. The Morgan fingerprint density at radius 3 is 2.47 bits per heavy atom. The number of hydrogen-bond acceptors (Lipinski definition) is 1. The van der Waals surface area contributed by atoms with Crippen LogP contribution < -0.4 is 5.32 Å². The van der Waals surface area contributed by atoms with Gasteiger partial charge in [0.05, 0.1) is 0 Å². The average Bonchev–Trinajstić information content (AvgIpc) is 2.72. The van der Waals surface area contributed by atoms with Gasteiger partial charge in [-0.15, -0.1) is 0 Å². The summed E-state index contributed by atoms with van der Waals surface area (Å²) in [4.78, 5) is 0. The van der Waals surface area contributed by atoms with Gasteiger partial charge in [-0.1, -0.05) is 43.5 Å². The fourth-order valence-electron chi connectivity index (χ4n) is 3.18. The zero-order chi connectivity index (χ0) is 12.5. The Bertz CT molecular complexity index is 394. The van der Waals surface area contributed by atoms with Crippen LogP contribution in [-0.4, -0.2) is 7.05 Å². The van der Waals surface area contributed by atoms with Crippen LogP contribution in [0.2, 0.25) is 5.02 Å². The summed E-state index contributed by atoms with van der Waals surface area (Å²) >= 11 is 6.24. The van der Waals surface area contributed by atoms with Gasteiger partial charge in [-0.05, 0) is 49.4 Å². The molecule has 2 rings (SSSR count). The minimum Gasteiger partial charge on any atom is -0.313 e. The first-order valence-corrected chi connectivity index (χ1v) is 6.88. The Morgan fingerprint density at radius 2 is 1.94 bits per heavy atom. The molecule has 0 saturated heterocycles. The topological polar surface area (TPSA) is 12.0 Å². The molecule has 1 aliphatic rings. The van der Waals surface area contributed by atoms with Crippen molar-refractivity contribution in [3.05, 3.63) is 34.3 Å². The van der Waals surface area contributed by atoms with E-state index in [2.05, 4.69) is 44.4 Å². The Labute approximate surface area is 110 Å². The van der Waals surface area contributed by atoms with Crippen LogP contribution in [0.4, 0.5) is 0 Å². The molecule has 1 unspecified atom stereocenters. The van der Waals surface area contributed by atoms with E-state index in [1.165, 1.54) is 31.2 Å². The van der Waals surface area contributed by atoms with Crippen LogP contribution in [0.1, 0.15) is 49.8 Å². The zero-order valence-electron chi connectivity index (χ0n) is 11.0. The first-order valence-electron chi connectivity index (χ1n) is 6.50. The number of benzene rings is 1. The molecule has 1 nitrogen and oxygen atoms in total. The van der Waals surface area contributed by atoms with E-state index >= 15 is 0 Å². The number of rotatable bonds is 3. The highest BCUT2D eigenvalue weighted by molar-refractivity contribution is 6.31. The number of aryl methyl sites for hydroxylation is 1. The number of halogens is 1. The van der Waals surface area contributed by atoms with Crippen molar-refractivity contribution in [2.24, 2.45) is 5.41 Å². The van der Waals surface area contributed by atoms with Crippen molar-refractivity contribution in [1.82, 2.24) is 5.32 Å². The van der Waals surface area contributed by atoms with E-state index in [4.69, 9.17) is 11.6 Å². The van der Waals surface area contributed by atoms with Crippen molar-refractivity contribution >= 4 is 11.6 Å². The second-order valence-corrected chi connectivity index (χ2v) is 6.00. The minimum absolute atomic E-state index is 0.382. The molecule has 1 N–H and O–H groups in total. The molecule has 0 aliphatic heterocycles. The predicted octanol–water partition coefficient (Wildman–Crippen LogP) is 4.49. The van der Waals surface area contributed by atoms with Crippen LogP contribution in [0.15, 0.2) is 18.2 Å². The lowest BCUT2D eigenvalue weighted by Gasteiger charge is -2.34. The third-order valence-corrected chi connectivity index (χ3v) is 4.67. The second-order valence-electron chi connectivity index (χ2n) is 5.59. The summed E-state index contributed by atoms with van der Waals surface area (Å²) in [6, 6.07) is 6.89. The summed E-state index contributed by atoms with van der Waals surface area (Å²) in [7, 11) is 2.06. The first-order chi connectivity index (χ1) is 8.07. The van der Waals surface area contributed by atoms with Crippen LogP contribution in [0.3, 0.4) is 0 Å². The molecule has 0 radical (unpaired) electrons. The van der Waals surface area contributed by atoms with Crippen LogP contribution in [-0.2, 0) is 0 Å². The number of nitrogens with one attached hydrogen (secondary N) is 1. The minimum atomic E-state index is 0.382. The maximum Gasteiger partial charge on any atom is 0.0438 e. The molecule has 17 heavy (non-hydrogen) atoms. The van der Waals surface area contributed by atoms with Crippen molar-refractivity contribution in [2.75, 3.05) is 7.05 Å². The van der Waals surface area contributed by atoms with Gasteiger partial charge in [-0.3, -0.25) is 0 Å². The molecule has 1 aromatic carbocycles. The van der Waals surface area contributed by atoms with E-state index in [-0.39, 0.29) is 0 Å². The third kappa shape index (κ3) is 2.51. The SMILES string of the molecule is CNC(c1ccc(C)c(Cl)c1)C1(C)CCCC1. The molecule has 0 aromatic heterocycles. The summed E-state index contributed by atoms with van der Waals surface area (Å²) < 4.78 is 0. The van der Waals surface area contributed by atoms with Gasteiger partial charge in [0, 0.05) is 11.1 Å². The van der Waals surface area contributed by atoms with Crippen molar-refractivity contribution in [3.8, 4) is 0 Å². The monoisotopic (exact) mass is 251 g/mol. The van der Waals surface area contributed by atoms with Crippen molar-refractivity contribution in [3.63, 3.8) is 0 Å². The molecule has 1 aromatic rings.